The number of rotatable bonds is 0. The van der Waals surface area contributed by atoms with Crippen molar-refractivity contribution in [3.8, 4) is 0 Å². The molecule has 0 saturated heterocycles. The Balaban J connectivity index is 0.000000963. The molecule has 0 fully saturated rings. The van der Waals surface area contributed by atoms with Crippen LogP contribution in [0.15, 0.2) is 62.6 Å². The predicted molar refractivity (Wildman–Crippen MR) is 126 cm³/mol. The second-order valence-corrected chi connectivity index (χ2v) is 18.3. The van der Waals surface area contributed by atoms with Crippen molar-refractivity contribution in [2.75, 3.05) is 0 Å². The van der Waals surface area contributed by atoms with Gasteiger partial charge >= 0.3 is 205 Å². The zero-order chi connectivity index (χ0) is 18.6. The molecule has 0 aromatic heterocycles. The van der Waals surface area contributed by atoms with E-state index in [0.29, 0.717) is 8.32 Å². The molecule has 2 aliphatic carbocycles. The minimum Gasteiger partial charge on any atom is -1.00 e. The van der Waals surface area contributed by atoms with E-state index in [1.165, 1.54) is 53.0 Å². The van der Waals surface area contributed by atoms with Crippen molar-refractivity contribution in [2.45, 2.75) is 18.1 Å². The second kappa shape index (κ2) is 8.27. The van der Waals surface area contributed by atoms with Crippen LogP contribution in [-0.4, -0.2) is 8.32 Å². The maximum Gasteiger partial charge on any atom is -1.00 e. The quantitative estimate of drug-likeness (QED) is 0.300. The van der Waals surface area contributed by atoms with Crippen LogP contribution in [0.5, 0.6) is 0 Å². The van der Waals surface area contributed by atoms with Crippen LogP contribution in [0.4, 0.5) is 0 Å². The van der Waals surface area contributed by atoms with Crippen LogP contribution in [0, 0.1) is 0 Å². The molecule has 0 nitrogen and oxygen atoms in total. The molecule has 4 bridgehead atoms. The summed E-state index contributed by atoms with van der Waals surface area (Å²) in [6.45, 7) is 0. The second-order valence-electron chi connectivity index (χ2n) is 7.13. The van der Waals surface area contributed by atoms with Crippen molar-refractivity contribution in [1.29, 1.82) is 0 Å². The molecular formula is C22H10Br2Cl2S3Zr. The molecule has 2 aromatic rings. The average molecular weight is 692 g/mol. The van der Waals surface area contributed by atoms with Crippen molar-refractivity contribution in [2.24, 2.45) is 0 Å². The van der Waals surface area contributed by atoms with E-state index in [0.717, 1.165) is 0 Å². The van der Waals surface area contributed by atoms with Gasteiger partial charge in [-0.2, -0.15) is 0 Å². The van der Waals surface area contributed by atoms with Gasteiger partial charge in [0.1, 0.15) is 0 Å². The molecule has 0 saturated carbocycles. The Hall–Kier alpha value is 0.873. The molecule has 5 aliphatic rings. The number of alkyl halides is 2. The molecular weight excluding hydrogens is 682 g/mol. The smallest absolute Gasteiger partial charge is 1.00 e. The van der Waals surface area contributed by atoms with E-state index in [4.69, 9.17) is 0 Å². The Kier molecular flexibility index (Phi) is 6.25. The minimum absolute atomic E-state index is 0. The summed E-state index contributed by atoms with van der Waals surface area (Å²) in [6, 6.07) is 13.7. The van der Waals surface area contributed by atoms with Crippen LogP contribution in [0.1, 0.15) is 0 Å². The number of halogens is 4. The van der Waals surface area contributed by atoms with Crippen molar-refractivity contribution < 1.29 is 48.0 Å². The molecule has 8 heteroatoms. The molecule has 2 aromatic carbocycles. The SMILES string of the molecule is BrC1S[C]2=C3C=c4c(cccc4=C31)Sc1cccc3c1=CC1=[C](SC(Br)C=31)[Zr+2]2.[Cl-].[Cl-]. The van der Waals surface area contributed by atoms with Crippen LogP contribution in [0.2, 0.25) is 0 Å². The van der Waals surface area contributed by atoms with E-state index in [1.54, 1.807) is 5.23 Å². The molecule has 0 radical (unpaired) electrons. The Bertz CT molecular complexity index is 1350. The van der Waals surface area contributed by atoms with Gasteiger partial charge in [0, 0.05) is 0 Å². The van der Waals surface area contributed by atoms with Gasteiger partial charge in [0.25, 0.3) is 0 Å². The number of benzene rings is 2. The maximum atomic E-state index is 3.98. The fourth-order valence-corrected chi connectivity index (χ4v) is 18.5. The average Bonchev–Trinajstić information content (AvgIpc) is 3.38. The van der Waals surface area contributed by atoms with Crippen molar-refractivity contribution >= 4 is 90.4 Å². The molecule has 0 spiro atoms. The topological polar surface area (TPSA) is 0 Å². The molecule has 30 heavy (non-hydrogen) atoms. The Morgan fingerprint density at radius 2 is 1.17 bits per heavy atom. The van der Waals surface area contributed by atoms with E-state index < -0.39 is 23.2 Å². The standard InChI is InChI=1S/C22H10Br2S3.2ClH.Zr/c23-21-19-11(9-25-21)7-15-13(19)3-1-5-17(15)27-18-6-2-4-14-16(18)8-12-10-26-22(24)20(12)14;;;/h1-8,21-22H;2*1H;/q;;;+2/p-2. The molecule has 2 unspecified atom stereocenters. The normalized spacial score (nSPS) is 23.5. The van der Waals surface area contributed by atoms with Gasteiger partial charge in [-0.25, -0.2) is 0 Å². The Morgan fingerprint density at radius 1 is 0.700 bits per heavy atom. The summed E-state index contributed by atoms with van der Waals surface area (Å²) in [5, 5.41) is 5.71. The van der Waals surface area contributed by atoms with Crippen LogP contribution in [-0.2, 0) is 23.2 Å². The van der Waals surface area contributed by atoms with Gasteiger partial charge in [-0.15, -0.1) is 0 Å². The monoisotopic (exact) mass is 688 g/mol. The largest absolute Gasteiger partial charge is 1.00 e. The van der Waals surface area contributed by atoms with Crippen LogP contribution >= 0.6 is 67.1 Å². The summed E-state index contributed by atoms with van der Waals surface area (Å²) in [7, 11) is 0. The molecule has 3 heterocycles. The molecule has 2 atom stereocenters. The van der Waals surface area contributed by atoms with Gasteiger partial charge in [-0.05, 0) is 0 Å². The van der Waals surface area contributed by atoms with Gasteiger partial charge in [0.15, 0.2) is 0 Å². The minimum atomic E-state index is -0.854. The van der Waals surface area contributed by atoms with E-state index >= 15 is 0 Å². The zero-order valence-corrected chi connectivity index (χ0v) is 24.6. The summed E-state index contributed by atoms with van der Waals surface area (Å²) in [4.78, 5) is 2.76. The zero-order valence-electron chi connectivity index (χ0n) is 15.0. The van der Waals surface area contributed by atoms with E-state index in [9.17, 15) is 0 Å². The Labute approximate surface area is 227 Å². The van der Waals surface area contributed by atoms with E-state index in [2.05, 4.69) is 104 Å². The summed E-state index contributed by atoms with van der Waals surface area (Å²) < 4.78 is 4.13. The third-order valence-corrected chi connectivity index (χ3v) is 16.1. The predicted octanol–water partition coefficient (Wildman–Crippen LogP) is -1.81. The van der Waals surface area contributed by atoms with Gasteiger partial charge in [-0.1, -0.05) is 0 Å². The number of thioether (sulfide) groups is 2. The Morgan fingerprint density at radius 3 is 1.63 bits per heavy atom. The third kappa shape index (κ3) is 3.11. The number of hydrogen-bond acceptors (Lipinski definition) is 3. The summed E-state index contributed by atoms with van der Waals surface area (Å²) in [5.41, 5.74) is 6.08. The number of hydrogen-bond donors (Lipinski definition) is 0. The first-order chi connectivity index (χ1) is 13.7. The molecule has 7 rings (SSSR count). The fourth-order valence-electron chi connectivity index (χ4n) is 4.50. The first-order valence-electron chi connectivity index (χ1n) is 8.94. The van der Waals surface area contributed by atoms with Gasteiger partial charge < -0.3 is 24.8 Å². The first kappa shape index (κ1) is 22.7. The third-order valence-electron chi connectivity index (χ3n) is 5.70. The molecule has 148 valence electrons. The van der Waals surface area contributed by atoms with E-state index in [1.807, 2.05) is 11.8 Å². The summed E-state index contributed by atoms with van der Waals surface area (Å²) in [5.74, 6) is 0. The van der Waals surface area contributed by atoms with E-state index in [-0.39, 0.29) is 24.8 Å². The van der Waals surface area contributed by atoms with Crippen LogP contribution < -0.4 is 45.7 Å². The van der Waals surface area contributed by atoms with Crippen LogP contribution in [0.25, 0.3) is 23.3 Å². The number of allylic oxidation sites excluding steroid dienone is 2. The van der Waals surface area contributed by atoms with Crippen molar-refractivity contribution in [1.82, 2.24) is 0 Å². The van der Waals surface area contributed by atoms with Gasteiger partial charge in [0.2, 0.25) is 0 Å². The van der Waals surface area contributed by atoms with Gasteiger partial charge in [0.05, 0.1) is 0 Å². The molecule has 0 amide bonds. The van der Waals surface area contributed by atoms with Gasteiger partial charge in [-0.3, -0.25) is 0 Å². The van der Waals surface area contributed by atoms with Crippen LogP contribution in [0.3, 0.4) is 0 Å². The molecule has 3 aliphatic heterocycles. The summed E-state index contributed by atoms with van der Waals surface area (Å²) >= 11 is 13.2. The maximum absolute atomic E-state index is 3.98. The van der Waals surface area contributed by atoms with Crippen molar-refractivity contribution in [3.05, 3.63) is 73.6 Å². The summed E-state index contributed by atoms with van der Waals surface area (Å²) in [6.07, 6.45) is 4.97. The fraction of sp³-hybridized carbons (Fsp3) is 0.0909. The van der Waals surface area contributed by atoms with Crippen molar-refractivity contribution in [3.63, 3.8) is 0 Å². The molecule has 0 N–H and O–H groups in total. The first-order valence-corrected chi connectivity index (χ1v) is 15.8.